The Bertz CT molecular complexity index is 618. The lowest BCUT2D eigenvalue weighted by molar-refractivity contribution is -0.384. The molecule has 21 heavy (non-hydrogen) atoms. The summed E-state index contributed by atoms with van der Waals surface area (Å²) in [7, 11) is 0. The third-order valence-corrected chi connectivity index (χ3v) is 4.07. The maximum atomic E-state index is 10.7. The molecule has 1 unspecified atom stereocenters. The van der Waals surface area contributed by atoms with E-state index in [1.165, 1.54) is 30.0 Å². The van der Waals surface area contributed by atoms with Crippen LogP contribution in [0, 0.1) is 10.1 Å². The SMILES string of the molecule is O=[N+]([O-])c1ccc(O)c(CC(O)CSc2ccccc2)c1. The summed E-state index contributed by atoms with van der Waals surface area (Å²) in [5, 5.41) is 30.4. The molecule has 0 amide bonds. The molecule has 0 aliphatic carbocycles. The van der Waals surface area contributed by atoms with Gasteiger partial charge in [-0.15, -0.1) is 11.8 Å². The maximum absolute atomic E-state index is 10.7. The average molecular weight is 305 g/mol. The number of phenolic OH excluding ortho intramolecular Hbond substituents is 1. The summed E-state index contributed by atoms with van der Waals surface area (Å²) >= 11 is 1.50. The van der Waals surface area contributed by atoms with E-state index in [-0.39, 0.29) is 17.9 Å². The lowest BCUT2D eigenvalue weighted by atomic mass is 10.1. The molecule has 0 spiro atoms. The molecule has 2 aromatic rings. The summed E-state index contributed by atoms with van der Waals surface area (Å²) in [6, 6.07) is 13.5. The zero-order valence-corrected chi connectivity index (χ0v) is 12.0. The normalized spacial score (nSPS) is 12.0. The third kappa shape index (κ3) is 4.47. The van der Waals surface area contributed by atoms with Crippen LogP contribution < -0.4 is 0 Å². The van der Waals surface area contributed by atoms with E-state index in [1.807, 2.05) is 30.3 Å². The largest absolute Gasteiger partial charge is 0.508 e. The number of benzene rings is 2. The molecule has 110 valence electrons. The van der Waals surface area contributed by atoms with E-state index in [4.69, 9.17) is 0 Å². The Morgan fingerprint density at radius 2 is 1.90 bits per heavy atom. The van der Waals surface area contributed by atoms with Gasteiger partial charge in [-0.3, -0.25) is 10.1 Å². The van der Waals surface area contributed by atoms with Gasteiger partial charge < -0.3 is 10.2 Å². The molecular formula is C15H15NO4S. The van der Waals surface area contributed by atoms with Crippen molar-refractivity contribution in [1.29, 1.82) is 0 Å². The van der Waals surface area contributed by atoms with Crippen molar-refractivity contribution in [2.24, 2.45) is 0 Å². The first-order valence-corrected chi connectivity index (χ1v) is 7.37. The summed E-state index contributed by atoms with van der Waals surface area (Å²) in [4.78, 5) is 11.2. The summed E-state index contributed by atoms with van der Waals surface area (Å²) in [5.74, 6) is 0.413. The van der Waals surface area contributed by atoms with Crippen molar-refractivity contribution in [2.75, 3.05) is 5.75 Å². The zero-order valence-electron chi connectivity index (χ0n) is 11.2. The highest BCUT2D eigenvalue weighted by Crippen LogP contribution is 2.26. The number of nitrogens with zero attached hydrogens (tertiary/aromatic N) is 1. The van der Waals surface area contributed by atoms with E-state index in [1.54, 1.807) is 0 Å². The number of aliphatic hydroxyl groups is 1. The van der Waals surface area contributed by atoms with Crippen molar-refractivity contribution in [3.63, 3.8) is 0 Å². The lowest BCUT2D eigenvalue weighted by Gasteiger charge is -2.11. The number of non-ortho nitro benzene ring substituents is 1. The second-order valence-corrected chi connectivity index (χ2v) is 5.65. The summed E-state index contributed by atoms with van der Waals surface area (Å²) in [6.07, 6.45) is -0.518. The predicted octanol–water partition coefficient (Wildman–Crippen LogP) is 3.00. The second-order valence-electron chi connectivity index (χ2n) is 4.55. The van der Waals surface area contributed by atoms with Crippen LogP contribution in [-0.4, -0.2) is 27.0 Å². The van der Waals surface area contributed by atoms with E-state index in [0.717, 1.165) is 4.90 Å². The highest BCUT2D eigenvalue weighted by atomic mass is 32.2. The first-order valence-electron chi connectivity index (χ1n) is 6.38. The molecule has 0 fully saturated rings. The monoisotopic (exact) mass is 305 g/mol. The quantitative estimate of drug-likeness (QED) is 0.487. The number of hydrogen-bond donors (Lipinski definition) is 2. The van der Waals surface area contributed by atoms with E-state index >= 15 is 0 Å². The fraction of sp³-hybridized carbons (Fsp3) is 0.200. The standard InChI is InChI=1S/C15H15NO4S/c17-13(10-21-14-4-2-1-3-5-14)9-11-8-12(16(19)20)6-7-15(11)18/h1-8,13,17-18H,9-10H2. The van der Waals surface area contributed by atoms with Gasteiger partial charge in [0.25, 0.3) is 5.69 Å². The van der Waals surface area contributed by atoms with Gasteiger partial charge >= 0.3 is 0 Å². The van der Waals surface area contributed by atoms with Crippen molar-refractivity contribution in [3.05, 3.63) is 64.2 Å². The number of aromatic hydroxyl groups is 1. The Morgan fingerprint density at radius 3 is 2.57 bits per heavy atom. The Kier molecular flexibility index (Phi) is 5.19. The molecule has 0 bridgehead atoms. The summed E-state index contributed by atoms with van der Waals surface area (Å²) in [5.41, 5.74) is 0.288. The van der Waals surface area contributed by atoms with Crippen molar-refractivity contribution < 1.29 is 15.1 Å². The number of thioether (sulfide) groups is 1. The zero-order chi connectivity index (χ0) is 15.2. The lowest BCUT2D eigenvalue weighted by Crippen LogP contribution is -2.13. The highest BCUT2D eigenvalue weighted by molar-refractivity contribution is 7.99. The van der Waals surface area contributed by atoms with Crippen LogP contribution in [0.5, 0.6) is 5.75 Å². The Hall–Kier alpha value is -2.05. The first-order chi connectivity index (χ1) is 10.1. The number of phenols is 1. The number of nitro benzene ring substituents is 1. The fourth-order valence-corrected chi connectivity index (χ4v) is 2.72. The van der Waals surface area contributed by atoms with Crippen LogP contribution >= 0.6 is 11.8 Å². The topological polar surface area (TPSA) is 83.6 Å². The Morgan fingerprint density at radius 1 is 1.19 bits per heavy atom. The van der Waals surface area contributed by atoms with Gasteiger partial charge in [0.1, 0.15) is 5.75 Å². The van der Waals surface area contributed by atoms with Crippen molar-refractivity contribution in [3.8, 4) is 5.75 Å². The van der Waals surface area contributed by atoms with Crippen LogP contribution in [0.4, 0.5) is 5.69 Å². The van der Waals surface area contributed by atoms with Crippen molar-refractivity contribution in [1.82, 2.24) is 0 Å². The first kappa shape index (κ1) is 15.3. The van der Waals surface area contributed by atoms with Crippen LogP contribution in [0.2, 0.25) is 0 Å². The minimum absolute atomic E-state index is 0.0376. The Labute approximate surface area is 126 Å². The number of hydrogen-bond acceptors (Lipinski definition) is 5. The molecule has 2 aromatic carbocycles. The molecule has 0 aliphatic rings. The predicted molar refractivity (Wildman–Crippen MR) is 81.6 cm³/mol. The molecule has 0 radical (unpaired) electrons. The van der Waals surface area contributed by atoms with Gasteiger partial charge in [0.05, 0.1) is 11.0 Å². The molecule has 6 heteroatoms. The van der Waals surface area contributed by atoms with E-state index in [9.17, 15) is 20.3 Å². The smallest absolute Gasteiger partial charge is 0.269 e. The molecule has 2 N–H and O–H groups in total. The Balaban J connectivity index is 1.97. The minimum Gasteiger partial charge on any atom is -0.508 e. The molecule has 1 atom stereocenters. The maximum Gasteiger partial charge on any atom is 0.269 e. The number of rotatable bonds is 6. The van der Waals surface area contributed by atoms with E-state index < -0.39 is 11.0 Å². The molecule has 0 aliphatic heterocycles. The van der Waals surface area contributed by atoms with Gasteiger partial charge in [-0.25, -0.2) is 0 Å². The van der Waals surface area contributed by atoms with E-state index in [0.29, 0.717) is 11.3 Å². The molecule has 5 nitrogen and oxygen atoms in total. The molecule has 2 rings (SSSR count). The molecule has 0 saturated carbocycles. The van der Waals surface area contributed by atoms with Gasteiger partial charge in [-0.2, -0.15) is 0 Å². The van der Waals surface area contributed by atoms with E-state index in [2.05, 4.69) is 0 Å². The average Bonchev–Trinajstić information content (AvgIpc) is 2.48. The van der Waals surface area contributed by atoms with Crippen LogP contribution in [0.1, 0.15) is 5.56 Å². The van der Waals surface area contributed by atoms with Crippen LogP contribution in [0.25, 0.3) is 0 Å². The number of aliphatic hydroxyl groups excluding tert-OH is 1. The molecule has 0 saturated heterocycles. The number of nitro groups is 1. The van der Waals surface area contributed by atoms with Crippen molar-refractivity contribution in [2.45, 2.75) is 17.4 Å². The molecule has 0 aromatic heterocycles. The second kappa shape index (κ2) is 7.10. The summed E-state index contributed by atoms with van der Waals surface area (Å²) in [6.45, 7) is 0. The van der Waals surface area contributed by atoms with Gasteiger partial charge in [-0.05, 0) is 18.2 Å². The highest BCUT2D eigenvalue weighted by Gasteiger charge is 2.14. The van der Waals surface area contributed by atoms with Crippen LogP contribution in [-0.2, 0) is 6.42 Å². The molecule has 0 heterocycles. The van der Waals surface area contributed by atoms with Crippen molar-refractivity contribution >= 4 is 17.4 Å². The van der Waals surface area contributed by atoms with Gasteiger partial charge in [-0.1, -0.05) is 18.2 Å². The molecular weight excluding hydrogens is 290 g/mol. The van der Waals surface area contributed by atoms with Gasteiger partial charge in [0.2, 0.25) is 0 Å². The third-order valence-electron chi connectivity index (χ3n) is 2.92. The fourth-order valence-electron chi connectivity index (χ4n) is 1.87. The van der Waals surface area contributed by atoms with Gasteiger partial charge in [0.15, 0.2) is 0 Å². The van der Waals surface area contributed by atoms with Gasteiger partial charge in [0, 0.05) is 34.8 Å². The summed E-state index contributed by atoms with van der Waals surface area (Å²) < 4.78 is 0. The van der Waals surface area contributed by atoms with Crippen LogP contribution in [0.15, 0.2) is 53.4 Å². The minimum atomic E-state index is -0.692. The van der Waals surface area contributed by atoms with Crippen LogP contribution in [0.3, 0.4) is 0 Å².